The molecule has 0 unspecified atom stereocenters. The van der Waals surface area contributed by atoms with Gasteiger partial charge in [0, 0.05) is 17.6 Å². The third kappa shape index (κ3) is 4.70. The fourth-order valence-electron chi connectivity index (χ4n) is 2.01. The summed E-state index contributed by atoms with van der Waals surface area (Å²) in [4.78, 5) is 5.70. The summed E-state index contributed by atoms with van der Waals surface area (Å²) in [5, 5.41) is 0. The van der Waals surface area contributed by atoms with Gasteiger partial charge in [0.2, 0.25) is 0 Å². The minimum absolute atomic E-state index is 0.553. The van der Waals surface area contributed by atoms with E-state index in [1.165, 1.54) is 4.88 Å². The van der Waals surface area contributed by atoms with E-state index in [1.54, 1.807) is 18.4 Å². The average molecular weight is 326 g/mol. The maximum Gasteiger partial charge on any atom is 0.184 e. The van der Waals surface area contributed by atoms with Crippen molar-refractivity contribution in [2.75, 3.05) is 20.3 Å². The van der Waals surface area contributed by atoms with E-state index in [2.05, 4.69) is 18.8 Å². The standard InChI is InChI=1S/C16H20ClNO2S/c1-11(2)10-14-15(18-16(17)21-14)12-4-6-13(7-5-12)20-9-8-19-3/h4-7,11H,8-10H2,1-3H3. The highest BCUT2D eigenvalue weighted by Crippen LogP contribution is 2.33. The molecule has 114 valence electrons. The highest BCUT2D eigenvalue weighted by molar-refractivity contribution is 7.16. The van der Waals surface area contributed by atoms with Gasteiger partial charge in [-0.1, -0.05) is 25.4 Å². The van der Waals surface area contributed by atoms with E-state index in [0.717, 1.165) is 23.4 Å². The summed E-state index contributed by atoms with van der Waals surface area (Å²) in [6, 6.07) is 7.96. The van der Waals surface area contributed by atoms with Crippen LogP contribution in [0.25, 0.3) is 11.3 Å². The third-order valence-corrected chi connectivity index (χ3v) is 4.13. The van der Waals surface area contributed by atoms with Crippen molar-refractivity contribution >= 4 is 22.9 Å². The minimum atomic E-state index is 0.553. The van der Waals surface area contributed by atoms with E-state index in [4.69, 9.17) is 21.1 Å². The smallest absolute Gasteiger partial charge is 0.184 e. The Labute approximate surface area is 134 Å². The van der Waals surface area contributed by atoms with Gasteiger partial charge in [-0.15, -0.1) is 11.3 Å². The van der Waals surface area contributed by atoms with Gasteiger partial charge in [0.1, 0.15) is 12.4 Å². The lowest BCUT2D eigenvalue weighted by Gasteiger charge is -2.07. The summed E-state index contributed by atoms with van der Waals surface area (Å²) >= 11 is 7.65. The van der Waals surface area contributed by atoms with Gasteiger partial charge in [0.05, 0.1) is 12.3 Å². The molecule has 0 atom stereocenters. The van der Waals surface area contributed by atoms with Crippen LogP contribution in [-0.4, -0.2) is 25.3 Å². The van der Waals surface area contributed by atoms with Gasteiger partial charge in [-0.25, -0.2) is 4.98 Å². The minimum Gasteiger partial charge on any atom is -0.491 e. The lowest BCUT2D eigenvalue weighted by molar-refractivity contribution is 0.146. The Morgan fingerprint density at radius 3 is 2.52 bits per heavy atom. The van der Waals surface area contributed by atoms with Gasteiger partial charge < -0.3 is 9.47 Å². The molecule has 0 aliphatic rings. The predicted molar refractivity (Wildman–Crippen MR) is 88.5 cm³/mol. The van der Waals surface area contributed by atoms with Crippen LogP contribution >= 0.6 is 22.9 Å². The van der Waals surface area contributed by atoms with Gasteiger partial charge >= 0.3 is 0 Å². The molecule has 0 fully saturated rings. The molecule has 0 saturated heterocycles. The van der Waals surface area contributed by atoms with Crippen LogP contribution in [0.4, 0.5) is 0 Å². The predicted octanol–water partition coefficient (Wildman–Crippen LogP) is 4.69. The van der Waals surface area contributed by atoms with Crippen LogP contribution in [0.5, 0.6) is 5.75 Å². The van der Waals surface area contributed by atoms with Crippen molar-refractivity contribution < 1.29 is 9.47 Å². The van der Waals surface area contributed by atoms with Crippen LogP contribution in [0.2, 0.25) is 4.47 Å². The first-order valence-corrected chi connectivity index (χ1v) is 8.17. The third-order valence-electron chi connectivity index (χ3n) is 2.95. The number of rotatable bonds is 7. The summed E-state index contributed by atoms with van der Waals surface area (Å²) < 4.78 is 11.1. The number of halogens is 1. The van der Waals surface area contributed by atoms with Crippen molar-refractivity contribution in [2.24, 2.45) is 5.92 Å². The number of hydrogen-bond acceptors (Lipinski definition) is 4. The zero-order chi connectivity index (χ0) is 15.2. The van der Waals surface area contributed by atoms with Crippen LogP contribution in [-0.2, 0) is 11.2 Å². The number of nitrogens with zero attached hydrogens (tertiary/aromatic N) is 1. The van der Waals surface area contributed by atoms with Gasteiger partial charge in [0.15, 0.2) is 4.47 Å². The summed E-state index contributed by atoms with van der Waals surface area (Å²) in [5.41, 5.74) is 2.06. The molecule has 0 spiro atoms. The number of thiazole rings is 1. The Kier molecular flexibility index (Phi) is 6.03. The fraction of sp³-hybridized carbons (Fsp3) is 0.438. The maximum absolute atomic E-state index is 6.08. The fourth-order valence-corrected chi connectivity index (χ4v) is 3.39. The number of aromatic nitrogens is 1. The van der Waals surface area contributed by atoms with E-state index < -0.39 is 0 Å². The summed E-state index contributed by atoms with van der Waals surface area (Å²) in [6.45, 7) is 5.53. The molecule has 1 aromatic heterocycles. The molecule has 0 amide bonds. The summed E-state index contributed by atoms with van der Waals surface area (Å²) in [6.07, 6.45) is 0.992. The number of ether oxygens (including phenoxy) is 2. The molecule has 2 rings (SSSR count). The molecular weight excluding hydrogens is 306 g/mol. The van der Waals surface area contributed by atoms with E-state index in [-0.39, 0.29) is 0 Å². The van der Waals surface area contributed by atoms with E-state index in [0.29, 0.717) is 23.6 Å². The van der Waals surface area contributed by atoms with Gasteiger partial charge in [-0.05, 0) is 36.6 Å². The van der Waals surface area contributed by atoms with Crippen molar-refractivity contribution in [2.45, 2.75) is 20.3 Å². The Bertz CT molecular complexity index is 566. The zero-order valence-corrected chi connectivity index (χ0v) is 14.1. The molecule has 0 saturated carbocycles. The molecule has 0 aliphatic carbocycles. The van der Waals surface area contributed by atoms with E-state index >= 15 is 0 Å². The molecule has 0 bridgehead atoms. The second kappa shape index (κ2) is 7.78. The van der Waals surface area contributed by atoms with Crippen molar-refractivity contribution in [1.82, 2.24) is 4.98 Å². The van der Waals surface area contributed by atoms with Gasteiger partial charge in [-0.2, -0.15) is 0 Å². The van der Waals surface area contributed by atoms with E-state index in [9.17, 15) is 0 Å². The maximum atomic E-state index is 6.08. The van der Waals surface area contributed by atoms with E-state index in [1.807, 2.05) is 24.3 Å². The Morgan fingerprint density at radius 1 is 1.19 bits per heavy atom. The first kappa shape index (κ1) is 16.3. The molecule has 0 N–H and O–H groups in total. The number of benzene rings is 1. The number of hydrogen-bond donors (Lipinski definition) is 0. The zero-order valence-electron chi connectivity index (χ0n) is 12.6. The second-order valence-corrected chi connectivity index (χ2v) is 6.87. The van der Waals surface area contributed by atoms with Crippen molar-refractivity contribution in [3.8, 4) is 17.0 Å². The van der Waals surface area contributed by atoms with Gasteiger partial charge in [-0.3, -0.25) is 0 Å². The highest BCUT2D eigenvalue weighted by Gasteiger charge is 2.13. The van der Waals surface area contributed by atoms with Crippen LogP contribution in [0.1, 0.15) is 18.7 Å². The lowest BCUT2D eigenvalue weighted by Crippen LogP contribution is -2.03. The van der Waals surface area contributed by atoms with Crippen LogP contribution in [0, 0.1) is 5.92 Å². The van der Waals surface area contributed by atoms with Crippen LogP contribution < -0.4 is 4.74 Å². The monoisotopic (exact) mass is 325 g/mol. The molecule has 3 nitrogen and oxygen atoms in total. The Hall–Kier alpha value is -1.10. The molecule has 2 aromatic rings. The second-order valence-electron chi connectivity index (χ2n) is 5.20. The Morgan fingerprint density at radius 2 is 1.90 bits per heavy atom. The summed E-state index contributed by atoms with van der Waals surface area (Å²) in [5.74, 6) is 1.42. The lowest BCUT2D eigenvalue weighted by atomic mass is 10.0. The van der Waals surface area contributed by atoms with Crippen molar-refractivity contribution in [3.05, 3.63) is 33.6 Å². The topological polar surface area (TPSA) is 31.4 Å². The molecule has 0 aliphatic heterocycles. The van der Waals surface area contributed by atoms with Crippen molar-refractivity contribution in [1.29, 1.82) is 0 Å². The first-order chi connectivity index (χ1) is 10.1. The largest absolute Gasteiger partial charge is 0.491 e. The Balaban J connectivity index is 2.14. The van der Waals surface area contributed by atoms with Crippen molar-refractivity contribution in [3.63, 3.8) is 0 Å². The van der Waals surface area contributed by atoms with Crippen LogP contribution in [0.15, 0.2) is 24.3 Å². The highest BCUT2D eigenvalue weighted by atomic mass is 35.5. The molecule has 5 heteroatoms. The normalized spacial score (nSPS) is 11.1. The first-order valence-electron chi connectivity index (χ1n) is 6.97. The molecule has 1 heterocycles. The van der Waals surface area contributed by atoms with Crippen LogP contribution in [0.3, 0.4) is 0 Å². The molecule has 1 aromatic carbocycles. The quantitative estimate of drug-likeness (QED) is 0.692. The van der Waals surface area contributed by atoms with Gasteiger partial charge in [0.25, 0.3) is 0 Å². The summed E-state index contributed by atoms with van der Waals surface area (Å²) in [7, 11) is 1.66. The molecular formula is C16H20ClNO2S. The SMILES string of the molecule is COCCOc1ccc(-c2nc(Cl)sc2CC(C)C)cc1. The molecule has 21 heavy (non-hydrogen) atoms. The number of methoxy groups -OCH3 is 1. The average Bonchev–Trinajstić information content (AvgIpc) is 2.80. The molecule has 0 radical (unpaired) electrons.